The molecule has 1 heterocycles. The van der Waals surface area contributed by atoms with Crippen molar-refractivity contribution >= 4 is 23.0 Å². The maximum atomic E-state index is 11.9. The Labute approximate surface area is 134 Å². The first-order valence-electron chi connectivity index (χ1n) is 7.30. The highest BCUT2D eigenvalue weighted by molar-refractivity contribution is 5.79. The van der Waals surface area contributed by atoms with Gasteiger partial charge in [0, 0.05) is 11.6 Å². The molecule has 2 aromatic rings. The van der Waals surface area contributed by atoms with Gasteiger partial charge >= 0.3 is 12.1 Å². The van der Waals surface area contributed by atoms with Crippen LogP contribution in [0.15, 0.2) is 36.5 Å². The van der Waals surface area contributed by atoms with Crippen molar-refractivity contribution in [3.63, 3.8) is 0 Å². The van der Waals surface area contributed by atoms with E-state index in [-0.39, 0.29) is 6.42 Å². The van der Waals surface area contributed by atoms with E-state index in [9.17, 15) is 9.59 Å². The maximum absolute atomic E-state index is 11.9. The van der Waals surface area contributed by atoms with E-state index in [1.807, 2.05) is 30.3 Å². The predicted molar refractivity (Wildman–Crippen MR) is 86.1 cm³/mol. The Morgan fingerprint density at radius 1 is 1.30 bits per heavy atom. The van der Waals surface area contributed by atoms with Crippen LogP contribution < -0.4 is 5.32 Å². The van der Waals surface area contributed by atoms with Gasteiger partial charge in [0.2, 0.25) is 0 Å². The SMILES string of the molecule is CC(C)(C)OC(=O)NC(CC(=O)O)c1cnc2ccccc2c1. The van der Waals surface area contributed by atoms with Crippen LogP contribution in [0.5, 0.6) is 0 Å². The van der Waals surface area contributed by atoms with Crippen molar-refractivity contribution in [2.24, 2.45) is 0 Å². The van der Waals surface area contributed by atoms with E-state index in [4.69, 9.17) is 9.84 Å². The van der Waals surface area contributed by atoms with Crippen molar-refractivity contribution in [1.29, 1.82) is 0 Å². The topological polar surface area (TPSA) is 88.5 Å². The number of hydrogen-bond donors (Lipinski definition) is 2. The number of carboxylic acids is 1. The van der Waals surface area contributed by atoms with Crippen molar-refractivity contribution < 1.29 is 19.4 Å². The fourth-order valence-electron chi connectivity index (χ4n) is 2.16. The minimum absolute atomic E-state index is 0.251. The van der Waals surface area contributed by atoms with Crippen molar-refractivity contribution in [2.75, 3.05) is 0 Å². The Balaban J connectivity index is 2.25. The second-order valence-electron chi connectivity index (χ2n) is 6.26. The van der Waals surface area contributed by atoms with Gasteiger partial charge in [0.1, 0.15) is 5.60 Å². The number of fused-ring (bicyclic) bond motifs is 1. The second kappa shape index (κ2) is 6.64. The number of hydrogen-bond acceptors (Lipinski definition) is 4. The Morgan fingerprint density at radius 3 is 2.65 bits per heavy atom. The molecule has 1 atom stereocenters. The van der Waals surface area contributed by atoms with Gasteiger partial charge < -0.3 is 15.2 Å². The van der Waals surface area contributed by atoms with Gasteiger partial charge in [-0.25, -0.2) is 4.79 Å². The molecule has 6 heteroatoms. The molecular formula is C17H20N2O4. The number of aromatic nitrogens is 1. The first kappa shape index (κ1) is 16.7. The zero-order valence-electron chi connectivity index (χ0n) is 13.4. The van der Waals surface area contributed by atoms with E-state index >= 15 is 0 Å². The smallest absolute Gasteiger partial charge is 0.408 e. The lowest BCUT2D eigenvalue weighted by atomic mass is 10.0. The van der Waals surface area contributed by atoms with Crippen LogP contribution in [0.4, 0.5) is 4.79 Å². The Hall–Kier alpha value is -2.63. The summed E-state index contributed by atoms with van der Waals surface area (Å²) in [6.07, 6.45) is 0.670. The van der Waals surface area contributed by atoms with Gasteiger partial charge in [0.05, 0.1) is 18.0 Å². The van der Waals surface area contributed by atoms with E-state index < -0.39 is 23.7 Å². The van der Waals surface area contributed by atoms with E-state index in [1.54, 1.807) is 27.0 Å². The summed E-state index contributed by atoms with van der Waals surface area (Å²) >= 11 is 0. The Bertz CT molecular complexity index is 722. The summed E-state index contributed by atoms with van der Waals surface area (Å²) in [6, 6.07) is 8.63. The number of ether oxygens (including phenoxy) is 1. The molecule has 0 aliphatic rings. The monoisotopic (exact) mass is 316 g/mol. The molecule has 0 bridgehead atoms. The van der Waals surface area contributed by atoms with Crippen molar-refractivity contribution in [3.8, 4) is 0 Å². The quantitative estimate of drug-likeness (QED) is 0.903. The zero-order chi connectivity index (χ0) is 17.0. The van der Waals surface area contributed by atoms with Crippen molar-refractivity contribution in [3.05, 3.63) is 42.1 Å². The number of nitrogens with one attached hydrogen (secondary N) is 1. The number of nitrogens with zero attached hydrogens (tertiary/aromatic N) is 1. The van der Waals surface area contributed by atoms with Crippen LogP contribution in [0, 0.1) is 0 Å². The second-order valence-corrected chi connectivity index (χ2v) is 6.26. The molecule has 0 aliphatic heterocycles. The minimum Gasteiger partial charge on any atom is -0.481 e. The molecular weight excluding hydrogens is 296 g/mol. The van der Waals surface area contributed by atoms with Gasteiger partial charge in [-0.15, -0.1) is 0 Å². The number of para-hydroxylation sites is 1. The van der Waals surface area contributed by atoms with Gasteiger partial charge in [-0.1, -0.05) is 18.2 Å². The lowest BCUT2D eigenvalue weighted by Gasteiger charge is -2.23. The standard InChI is InChI=1S/C17H20N2O4/c1-17(2,3)23-16(22)19-14(9-15(20)21)12-8-11-6-4-5-7-13(11)18-10-12/h4-8,10,14H,9H2,1-3H3,(H,19,22)(H,20,21). The highest BCUT2D eigenvalue weighted by atomic mass is 16.6. The molecule has 1 aromatic carbocycles. The van der Waals surface area contributed by atoms with Crippen LogP contribution in [-0.4, -0.2) is 27.8 Å². The molecule has 0 spiro atoms. The van der Waals surface area contributed by atoms with Gasteiger partial charge in [-0.2, -0.15) is 0 Å². The zero-order valence-corrected chi connectivity index (χ0v) is 13.4. The molecule has 1 unspecified atom stereocenters. The van der Waals surface area contributed by atoms with Crippen molar-refractivity contribution in [2.45, 2.75) is 38.8 Å². The lowest BCUT2D eigenvalue weighted by molar-refractivity contribution is -0.137. The number of carbonyl (C=O) groups is 2. The minimum atomic E-state index is -1.01. The summed E-state index contributed by atoms with van der Waals surface area (Å²) in [5, 5.41) is 12.6. The summed E-state index contributed by atoms with van der Waals surface area (Å²) in [4.78, 5) is 27.3. The molecule has 6 nitrogen and oxygen atoms in total. The third-order valence-corrected chi connectivity index (χ3v) is 3.08. The summed E-state index contributed by atoms with van der Waals surface area (Å²) in [6.45, 7) is 5.24. The van der Waals surface area contributed by atoms with Gasteiger partial charge in [-0.3, -0.25) is 9.78 Å². The molecule has 1 amide bonds. The van der Waals surface area contributed by atoms with E-state index in [2.05, 4.69) is 10.3 Å². The molecule has 0 saturated heterocycles. The van der Waals surface area contributed by atoms with Crippen LogP contribution in [0.1, 0.15) is 38.8 Å². The number of aliphatic carboxylic acids is 1. The number of carboxylic acid groups (broad SMARTS) is 1. The number of amides is 1. The number of rotatable bonds is 4. The fourth-order valence-corrected chi connectivity index (χ4v) is 2.16. The predicted octanol–water partition coefficient (Wildman–Crippen LogP) is 3.28. The molecule has 0 aliphatic carbocycles. The van der Waals surface area contributed by atoms with Crippen LogP contribution >= 0.6 is 0 Å². The van der Waals surface area contributed by atoms with Gasteiger partial charge in [-0.05, 0) is 38.5 Å². The maximum Gasteiger partial charge on any atom is 0.408 e. The average Bonchev–Trinajstić information content (AvgIpc) is 2.43. The van der Waals surface area contributed by atoms with Crippen LogP contribution in [0.25, 0.3) is 10.9 Å². The fraction of sp³-hybridized carbons (Fsp3) is 0.353. The number of pyridine rings is 1. The van der Waals surface area contributed by atoms with E-state index in [1.165, 1.54) is 0 Å². The van der Waals surface area contributed by atoms with Gasteiger partial charge in [0.15, 0.2) is 0 Å². The summed E-state index contributed by atoms with van der Waals surface area (Å²) in [5.74, 6) is -1.01. The largest absolute Gasteiger partial charge is 0.481 e. The molecule has 122 valence electrons. The van der Waals surface area contributed by atoms with Crippen molar-refractivity contribution in [1.82, 2.24) is 10.3 Å². The Kier molecular flexibility index (Phi) is 4.83. The molecule has 0 fully saturated rings. The molecule has 0 radical (unpaired) electrons. The molecule has 0 saturated carbocycles. The number of benzene rings is 1. The average molecular weight is 316 g/mol. The summed E-state index contributed by atoms with van der Waals surface area (Å²) < 4.78 is 5.20. The third-order valence-electron chi connectivity index (χ3n) is 3.08. The van der Waals surface area contributed by atoms with Crippen LogP contribution in [0.2, 0.25) is 0 Å². The summed E-state index contributed by atoms with van der Waals surface area (Å²) in [5.41, 5.74) is 0.777. The lowest BCUT2D eigenvalue weighted by Crippen LogP contribution is -2.35. The number of carbonyl (C=O) groups excluding carboxylic acids is 1. The summed E-state index contributed by atoms with van der Waals surface area (Å²) in [7, 11) is 0. The number of alkyl carbamates (subject to hydrolysis) is 1. The van der Waals surface area contributed by atoms with E-state index in [0.29, 0.717) is 5.56 Å². The molecule has 1 aromatic heterocycles. The molecule has 2 N–H and O–H groups in total. The normalized spacial score (nSPS) is 12.7. The first-order valence-corrected chi connectivity index (χ1v) is 7.30. The third kappa shape index (κ3) is 4.95. The van der Waals surface area contributed by atoms with E-state index in [0.717, 1.165) is 10.9 Å². The highest BCUT2D eigenvalue weighted by Crippen LogP contribution is 2.21. The van der Waals surface area contributed by atoms with Crippen LogP contribution in [0.3, 0.4) is 0 Å². The highest BCUT2D eigenvalue weighted by Gasteiger charge is 2.22. The van der Waals surface area contributed by atoms with Gasteiger partial charge in [0.25, 0.3) is 0 Å². The molecule has 2 rings (SSSR count). The van der Waals surface area contributed by atoms with Crippen LogP contribution in [-0.2, 0) is 9.53 Å². The molecule has 23 heavy (non-hydrogen) atoms. The first-order chi connectivity index (χ1) is 10.7. The Morgan fingerprint density at radius 2 is 2.00 bits per heavy atom.